The molecule has 0 spiro atoms. The van der Waals surface area contributed by atoms with Gasteiger partial charge in [0.25, 0.3) is 0 Å². The summed E-state index contributed by atoms with van der Waals surface area (Å²) >= 11 is 0. The van der Waals surface area contributed by atoms with Crippen molar-refractivity contribution in [2.24, 2.45) is 0 Å². The van der Waals surface area contributed by atoms with E-state index in [2.05, 4.69) is 25.6 Å². The number of benzene rings is 1. The lowest BCUT2D eigenvalue weighted by Gasteiger charge is -2.13. The van der Waals surface area contributed by atoms with Crippen LogP contribution in [0.3, 0.4) is 0 Å². The molecule has 1 unspecified atom stereocenters. The first kappa shape index (κ1) is 20.5. The third-order valence-electron chi connectivity index (χ3n) is 3.76. The van der Waals surface area contributed by atoms with E-state index >= 15 is 0 Å². The minimum absolute atomic E-state index is 0.0910. The van der Waals surface area contributed by atoms with E-state index in [9.17, 15) is 5.11 Å². The van der Waals surface area contributed by atoms with E-state index in [1.165, 1.54) is 50.4 Å². The molecule has 1 aromatic rings. The first-order chi connectivity index (χ1) is 11.8. The quantitative estimate of drug-likeness (QED) is 0.292. The summed E-state index contributed by atoms with van der Waals surface area (Å²) in [6.45, 7) is 6.11. The maximum absolute atomic E-state index is 9.74. The molecule has 0 bridgehead atoms. The molecule has 4 heteroatoms. The zero-order chi connectivity index (χ0) is 17.5. The Morgan fingerprint density at radius 2 is 1.75 bits per heavy atom. The summed E-state index contributed by atoms with van der Waals surface area (Å²) < 4.78 is 15.5. The van der Waals surface area contributed by atoms with Crippen molar-refractivity contribution in [1.82, 2.24) is 0 Å². The van der Waals surface area contributed by atoms with Gasteiger partial charge >= 0.3 is 0 Å². The van der Waals surface area contributed by atoms with Gasteiger partial charge in [0.2, 0.25) is 0 Å². The Hall–Kier alpha value is -1.52. The number of aryl methyl sites for hydroxylation is 1. The molecule has 0 saturated heterocycles. The van der Waals surface area contributed by atoms with Crippen molar-refractivity contribution in [2.75, 3.05) is 20.0 Å². The summed E-state index contributed by atoms with van der Waals surface area (Å²) in [7, 11) is 0. The van der Waals surface area contributed by atoms with Gasteiger partial charge < -0.3 is 19.3 Å². The van der Waals surface area contributed by atoms with Crippen LogP contribution in [-0.2, 0) is 15.9 Å². The van der Waals surface area contributed by atoms with Crippen molar-refractivity contribution in [2.45, 2.75) is 58.0 Å². The number of hydrogen-bond acceptors (Lipinski definition) is 4. The summed E-state index contributed by atoms with van der Waals surface area (Å²) in [6, 6.07) is 8.12. The van der Waals surface area contributed by atoms with Gasteiger partial charge in [-0.25, -0.2) is 0 Å². The van der Waals surface area contributed by atoms with Gasteiger partial charge in [0.15, 0.2) is 6.79 Å². The fourth-order valence-electron chi connectivity index (χ4n) is 2.38. The van der Waals surface area contributed by atoms with Crippen molar-refractivity contribution >= 4 is 0 Å². The lowest BCUT2D eigenvalue weighted by molar-refractivity contribution is -0.0561. The Morgan fingerprint density at radius 3 is 2.46 bits per heavy atom. The van der Waals surface area contributed by atoms with Crippen molar-refractivity contribution in [3.05, 3.63) is 42.7 Å². The van der Waals surface area contributed by atoms with Gasteiger partial charge in [-0.05, 0) is 30.5 Å². The summed E-state index contributed by atoms with van der Waals surface area (Å²) in [5.41, 5.74) is 1.34. The van der Waals surface area contributed by atoms with E-state index in [0.29, 0.717) is 0 Å². The maximum atomic E-state index is 9.74. The van der Waals surface area contributed by atoms with Gasteiger partial charge in [-0.3, -0.25) is 0 Å². The third-order valence-corrected chi connectivity index (χ3v) is 3.76. The highest BCUT2D eigenvalue weighted by molar-refractivity contribution is 5.27. The number of aliphatic hydroxyl groups excluding tert-OH is 1. The van der Waals surface area contributed by atoms with E-state index in [-0.39, 0.29) is 20.0 Å². The minimum Gasteiger partial charge on any atom is -0.491 e. The van der Waals surface area contributed by atoms with Gasteiger partial charge in [-0.15, -0.1) is 0 Å². The fraction of sp³-hybridized carbons (Fsp3) is 0.600. The van der Waals surface area contributed by atoms with Gasteiger partial charge in [0.05, 0.1) is 12.9 Å². The number of ether oxygens (including phenoxy) is 3. The molecule has 0 amide bonds. The largest absolute Gasteiger partial charge is 0.491 e. The molecule has 0 heterocycles. The standard InChI is InChI=1S/C20H32O4/c1-3-5-6-7-8-9-10-18-11-13-20(14-12-18)24-16-19(21)15-23-17-22-4-2/h4,11-14,19,21H,2-3,5-10,15-17H2,1H3. The number of aliphatic hydroxyl groups is 1. The minimum atomic E-state index is -0.679. The highest BCUT2D eigenvalue weighted by Gasteiger charge is 2.05. The Morgan fingerprint density at radius 1 is 1.04 bits per heavy atom. The average Bonchev–Trinajstić information content (AvgIpc) is 2.61. The molecule has 136 valence electrons. The van der Waals surface area contributed by atoms with Crippen LogP contribution in [0.25, 0.3) is 0 Å². The van der Waals surface area contributed by atoms with E-state index in [0.717, 1.165) is 12.2 Å². The predicted molar refractivity (Wildman–Crippen MR) is 97.1 cm³/mol. The maximum Gasteiger partial charge on any atom is 0.188 e. The van der Waals surface area contributed by atoms with E-state index in [4.69, 9.17) is 14.2 Å². The molecule has 1 atom stereocenters. The average molecular weight is 336 g/mol. The van der Waals surface area contributed by atoms with Crippen LogP contribution in [0.1, 0.15) is 51.0 Å². The van der Waals surface area contributed by atoms with Gasteiger partial charge in [-0.1, -0.05) is 57.7 Å². The normalized spacial score (nSPS) is 11.9. The second-order valence-corrected chi connectivity index (χ2v) is 5.95. The Kier molecular flexibility index (Phi) is 11.9. The third kappa shape index (κ3) is 10.3. The van der Waals surface area contributed by atoms with Crippen LogP contribution in [0.4, 0.5) is 0 Å². The van der Waals surface area contributed by atoms with Crippen LogP contribution < -0.4 is 4.74 Å². The molecule has 24 heavy (non-hydrogen) atoms. The molecular weight excluding hydrogens is 304 g/mol. The molecule has 0 aliphatic rings. The fourth-order valence-corrected chi connectivity index (χ4v) is 2.38. The molecule has 1 aromatic carbocycles. The lowest BCUT2D eigenvalue weighted by atomic mass is 10.0. The van der Waals surface area contributed by atoms with Crippen molar-refractivity contribution in [1.29, 1.82) is 0 Å². The van der Waals surface area contributed by atoms with Crippen LogP contribution in [0.15, 0.2) is 37.1 Å². The highest BCUT2D eigenvalue weighted by atomic mass is 16.7. The molecule has 0 aliphatic carbocycles. The predicted octanol–water partition coefficient (Wildman–Crippen LogP) is 4.46. The van der Waals surface area contributed by atoms with Crippen LogP contribution in [0.5, 0.6) is 5.75 Å². The molecule has 1 N–H and O–H groups in total. The van der Waals surface area contributed by atoms with Gasteiger partial charge in [-0.2, -0.15) is 0 Å². The molecule has 0 aliphatic heterocycles. The smallest absolute Gasteiger partial charge is 0.188 e. The molecular formula is C20H32O4. The Bertz CT molecular complexity index is 416. The molecule has 0 aromatic heterocycles. The van der Waals surface area contributed by atoms with Crippen molar-refractivity contribution in [3.63, 3.8) is 0 Å². The topological polar surface area (TPSA) is 47.9 Å². The second kappa shape index (κ2) is 13.9. The van der Waals surface area contributed by atoms with Gasteiger partial charge in [0, 0.05) is 0 Å². The monoisotopic (exact) mass is 336 g/mol. The summed E-state index contributed by atoms with van der Waals surface area (Å²) in [4.78, 5) is 0. The summed E-state index contributed by atoms with van der Waals surface area (Å²) in [5, 5.41) is 9.74. The van der Waals surface area contributed by atoms with E-state index in [1.54, 1.807) is 0 Å². The molecule has 0 saturated carbocycles. The highest BCUT2D eigenvalue weighted by Crippen LogP contribution is 2.15. The van der Waals surface area contributed by atoms with Crippen LogP contribution in [-0.4, -0.2) is 31.2 Å². The molecule has 4 nitrogen and oxygen atoms in total. The Labute approximate surface area is 146 Å². The molecule has 0 fully saturated rings. The van der Waals surface area contributed by atoms with Crippen molar-refractivity contribution in [3.8, 4) is 5.75 Å². The van der Waals surface area contributed by atoms with E-state index in [1.807, 2.05) is 12.1 Å². The second-order valence-electron chi connectivity index (χ2n) is 5.95. The SMILES string of the molecule is C=COCOCC(O)COc1ccc(CCCCCCCC)cc1. The number of rotatable bonds is 15. The van der Waals surface area contributed by atoms with E-state index < -0.39 is 6.10 Å². The zero-order valence-corrected chi connectivity index (χ0v) is 14.9. The molecule has 1 rings (SSSR count). The number of unbranched alkanes of at least 4 members (excludes halogenated alkanes) is 5. The first-order valence-corrected chi connectivity index (χ1v) is 8.96. The number of hydrogen-bond donors (Lipinski definition) is 1. The van der Waals surface area contributed by atoms with Crippen LogP contribution in [0, 0.1) is 0 Å². The zero-order valence-electron chi connectivity index (χ0n) is 14.9. The summed E-state index contributed by atoms with van der Waals surface area (Å²) in [6.07, 6.45) is 9.63. The first-order valence-electron chi connectivity index (χ1n) is 8.96. The molecule has 0 radical (unpaired) electrons. The van der Waals surface area contributed by atoms with Crippen LogP contribution >= 0.6 is 0 Å². The summed E-state index contributed by atoms with van der Waals surface area (Å²) in [5.74, 6) is 0.767. The van der Waals surface area contributed by atoms with Crippen LogP contribution in [0.2, 0.25) is 0 Å². The van der Waals surface area contributed by atoms with Gasteiger partial charge in [0.1, 0.15) is 18.5 Å². The Balaban J connectivity index is 2.14. The lowest BCUT2D eigenvalue weighted by Crippen LogP contribution is -2.23. The van der Waals surface area contributed by atoms with Crippen molar-refractivity contribution < 1.29 is 19.3 Å².